The molecule has 0 fully saturated rings. The van der Waals surface area contributed by atoms with E-state index in [4.69, 9.17) is 11.6 Å². The van der Waals surface area contributed by atoms with Crippen LogP contribution in [-0.4, -0.2) is 18.2 Å². The Morgan fingerprint density at radius 2 is 2.33 bits per heavy atom. The minimum absolute atomic E-state index is 0.0263. The lowest BCUT2D eigenvalue weighted by molar-refractivity contribution is -0.118. The molecule has 0 spiro atoms. The first-order valence-corrected chi connectivity index (χ1v) is 6.28. The summed E-state index contributed by atoms with van der Waals surface area (Å²) in [5.41, 5.74) is 1.22. The van der Waals surface area contributed by atoms with Crippen LogP contribution < -0.4 is 5.32 Å². The second-order valence-corrected chi connectivity index (χ2v) is 4.71. The van der Waals surface area contributed by atoms with Gasteiger partial charge in [0.2, 0.25) is 5.91 Å². The van der Waals surface area contributed by atoms with Crippen LogP contribution in [-0.2, 0) is 10.5 Å². The number of benzene rings is 1. The van der Waals surface area contributed by atoms with Crippen molar-refractivity contribution in [2.24, 2.45) is 0 Å². The minimum Gasteiger partial charge on any atom is -0.356 e. The average Bonchev–Trinajstić information content (AvgIpc) is 2.17. The summed E-state index contributed by atoms with van der Waals surface area (Å²) in [6, 6.07) is 7.84. The zero-order valence-corrected chi connectivity index (χ0v) is 10.2. The van der Waals surface area contributed by atoms with Gasteiger partial charge in [-0.3, -0.25) is 4.79 Å². The number of halogens is 1. The van der Waals surface area contributed by atoms with Crippen LogP contribution in [0.15, 0.2) is 24.3 Å². The number of nitrogens with one attached hydrogen (secondary N) is 1. The van der Waals surface area contributed by atoms with Gasteiger partial charge < -0.3 is 5.32 Å². The van der Waals surface area contributed by atoms with Gasteiger partial charge >= 0.3 is 0 Å². The number of carbonyl (C=O) groups is 1. The first kappa shape index (κ1) is 12.4. The number of hydrogen-bond donors (Lipinski definition) is 1. The molecular formula is C11H14ClNOS. The van der Waals surface area contributed by atoms with Crippen LogP contribution in [0.25, 0.3) is 0 Å². The number of hydrogen-bond acceptors (Lipinski definition) is 2. The first-order valence-electron chi connectivity index (χ1n) is 4.75. The highest BCUT2D eigenvalue weighted by molar-refractivity contribution is 7.98. The first-order chi connectivity index (χ1) is 7.18. The third-order valence-corrected chi connectivity index (χ3v) is 3.04. The molecule has 0 unspecified atom stereocenters. The average molecular weight is 244 g/mol. The Hall–Kier alpha value is -0.670. The monoisotopic (exact) mass is 243 g/mol. The maximum atomic E-state index is 10.6. The van der Waals surface area contributed by atoms with Crippen molar-refractivity contribution < 1.29 is 4.79 Å². The van der Waals surface area contributed by atoms with Crippen molar-refractivity contribution in [1.82, 2.24) is 5.32 Å². The largest absolute Gasteiger partial charge is 0.356 e. The third kappa shape index (κ3) is 5.70. The SMILES string of the molecule is CC(=O)NCCSCc1cccc(Cl)c1. The maximum Gasteiger partial charge on any atom is 0.216 e. The summed E-state index contributed by atoms with van der Waals surface area (Å²) in [4.78, 5) is 10.6. The van der Waals surface area contributed by atoms with Crippen LogP contribution in [0.4, 0.5) is 0 Å². The van der Waals surface area contributed by atoms with E-state index in [1.807, 2.05) is 18.2 Å². The maximum absolute atomic E-state index is 10.6. The van der Waals surface area contributed by atoms with E-state index in [0.717, 1.165) is 23.1 Å². The van der Waals surface area contributed by atoms with Gasteiger partial charge in [-0.1, -0.05) is 23.7 Å². The molecule has 0 bridgehead atoms. The number of thioether (sulfide) groups is 1. The molecule has 0 aliphatic carbocycles. The molecule has 0 aromatic heterocycles. The lowest BCUT2D eigenvalue weighted by Crippen LogP contribution is -2.22. The minimum atomic E-state index is 0.0263. The van der Waals surface area contributed by atoms with Crippen molar-refractivity contribution in [3.8, 4) is 0 Å². The second kappa shape index (κ2) is 6.75. The van der Waals surface area contributed by atoms with Crippen LogP contribution in [0.1, 0.15) is 12.5 Å². The Bertz CT molecular complexity index is 330. The predicted octanol–water partition coefficient (Wildman–Crippen LogP) is 2.71. The molecule has 15 heavy (non-hydrogen) atoms. The van der Waals surface area contributed by atoms with E-state index in [0.29, 0.717) is 0 Å². The standard InChI is InChI=1S/C11H14ClNOS/c1-9(14)13-5-6-15-8-10-3-2-4-11(12)7-10/h2-4,7H,5-6,8H2,1H3,(H,13,14). The van der Waals surface area contributed by atoms with E-state index in [1.54, 1.807) is 11.8 Å². The Kier molecular flexibility index (Phi) is 5.58. The molecule has 1 aromatic rings. The molecule has 2 nitrogen and oxygen atoms in total. The molecule has 1 N–H and O–H groups in total. The summed E-state index contributed by atoms with van der Waals surface area (Å²) >= 11 is 7.64. The molecule has 4 heteroatoms. The van der Waals surface area contributed by atoms with Crippen molar-refractivity contribution >= 4 is 29.3 Å². The normalized spacial score (nSPS) is 10.0. The van der Waals surface area contributed by atoms with Crippen molar-refractivity contribution in [2.45, 2.75) is 12.7 Å². The summed E-state index contributed by atoms with van der Waals surface area (Å²) in [5, 5.41) is 3.53. The Balaban J connectivity index is 2.17. The number of carbonyl (C=O) groups excluding carboxylic acids is 1. The van der Waals surface area contributed by atoms with Crippen LogP contribution >= 0.6 is 23.4 Å². The number of rotatable bonds is 5. The zero-order chi connectivity index (χ0) is 11.1. The van der Waals surface area contributed by atoms with Crippen molar-refractivity contribution in [2.75, 3.05) is 12.3 Å². The second-order valence-electron chi connectivity index (χ2n) is 3.17. The van der Waals surface area contributed by atoms with Gasteiger partial charge in [0, 0.05) is 30.0 Å². The van der Waals surface area contributed by atoms with Gasteiger partial charge in [0.25, 0.3) is 0 Å². The van der Waals surface area contributed by atoms with E-state index in [-0.39, 0.29) is 5.91 Å². The van der Waals surface area contributed by atoms with Gasteiger partial charge in [0.15, 0.2) is 0 Å². The molecule has 82 valence electrons. The van der Waals surface area contributed by atoms with Gasteiger partial charge in [-0.25, -0.2) is 0 Å². The quantitative estimate of drug-likeness (QED) is 0.806. The van der Waals surface area contributed by atoms with E-state index in [1.165, 1.54) is 12.5 Å². The van der Waals surface area contributed by atoms with Crippen LogP contribution in [0.3, 0.4) is 0 Å². The summed E-state index contributed by atoms with van der Waals surface area (Å²) in [5.74, 6) is 1.88. The molecule has 1 rings (SSSR count). The van der Waals surface area contributed by atoms with Gasteiger partial charge in [-0.2, -0.15) is 11.8 Å². The lowest BCUT2D eigenvalue weighted by Gasteiger charge is -2.03. The third-order valence-electron chi connectivity index (χ3n) is 1.78. The zero-order valence-electron chi connectivity index (χ0n) is 8.63. The smallest absolute Gasteiger partial charge is 0.216 e. The highest BCUT2D eigenvalue weighted by Crippen LogP contribution is 2.15. The lowest BCUT2D eigenvalue weighted by atomic mass is 10.2. The molecule has 0 heterocycles. The highest BCUT2D eigenvalue weighted by atomic mass is 35.5. The molecule has 0 atom stereocenters. The Morgan fingerprint density at radius 1 is 1.53 bits per heavy atom. The van der Waals surface area contributed by atoms with E-state index in [2.05, 4.69) is 11.4 Å². The van der Waals surface area contributed by atoms with Gasteiger partial charge in [-0.15, -0.1) is 0 Å². The predicted molar refractivity (Wildman–Crippen MR) is 66.3 cm³/mol. The fraction of sp³-hybridized carbons (Fsp3) is 0.364. The number of amides is 1. The van der Waals surface area contributed by atoms with Gasteiger partial charge in [0.1, 0.15) is 0 Å². The molecule has 0 saturated carbocycles. The van der Waals surface area contributed by atoms with E-state index in [9.17, 15) is 4.79 Å². The highest BCUT2D eigenvalue weighted by Gasteiger charge is 1.95. The van der Waals surface area contributed by atoms with E-state index < -0.39 is 0 Å². The van der Waals surface area contributed by atoms with Crippen LogP contribution in [0, 0.1) is 0 Å². The summed E-state index contributed by atoms with van der Waals surface area (Å²) in [6.45, 7) is 2.25. The molecule has 1 aromatic carbocycles. The molecule has 0 radical (unpaired) electrons. The van der Waals surface area contributed by atoms with Crippen molar-refractivity contribution in [3.63, 3.8) is 0 Å². The summed E-state index contributed by atoms with van der Waals surface area (Å²) in [6.07, 6.45) is 0. The van der Waals surface area contributed by atoms with Gasteiger partial charge in [0.05, 0.1) is 0 Å². The Morgan fingerprint density at radius 3 is 3.00 bits per heavy atom. The van der Waals surface area contributed by atoms with Crippen molar-refractivity contribution in [3.05, 3.63) is 34.9 Å². The summed E-state index contributed by atoms with van der Waals surface area (Å²) < 4.78 is 0. The fourth-order valence-electron chi connectivity index (χ4n) is 1.12. The molecule has 0 aliphatic rings. The van der Waals surface area contributed by atoms with Crippen LogP contribution in [0.2, 0.25) is 5.02 Å². The molecule has 0 saturated heterocycles. The molecular weight excluding hydrogens is 230 g/mol. The van der Waals surface area contributed by atoms with Gasteiger partial charge in [-0.05, 0) is 17.7 Å². The van der Waals surface area contributed by atoms with E-state index >= 15 is 0 Å². The van der Waals surface area contributed by atoms with Crippen molar-refractivity contribution in [1.29, 1.82) is 0 Å². The molecule has 0 aliphatic heterocycles. The molecule has 1 amide bonds. The topological polar surface area (TPSA) is 29.1 Å². The fourth-order valence-corrected chi connectivity index (χ4v) is 2.13. The Labute approximate surface area is 99.4 Å². The van der Waals surface area contributed by atoms with Crippen LogP contribution in [0.5, 0.6) is 0 Å². The summed E-state index contributed by atoms with van der Waals surface area (Å²) in [7, 11) is 0.